The van der Waals surface area contributed by atoms with Crippen molar-refractivity contribution in [1.29, 1.82) is 0 Å². The molecule has 2 rings (SSSR count). The molecule has 0 saturated heterocycles. The van der Waals surface area contributed by atoms with Gasteiger partial charge in [-0.1, -0.05) is 15.9 Å². The third-order valence-corrected chi connectivity index (χ3v) is 3.54. The minimum atomic E-state index is 0.0160. The first-order valence-electron chi connectivity index (χ1n) is 6.12. The van der Waals surface area contributed by atoms with Crippen LogP contribution in [0.3, 0.4) is 0 Å². The summed E-state index contributed by atoms with van der Waals surface area (Å²) in [6.07, 6.45) is 1.16. The zero-order valence-corrected chi connectivity index (χ0v) is 12.5. The number of aromatic nitrogens is 2. The van der Waals surface area contributed by atoms with Crippen molar-refractivity contribution in [2.24, 2.45) is 0 Å². The molecule has 0 aliphatic rings. The van der Waals surface area contributed by atoms with E-state index < -0.39 is 0 Å². The Morgan fingerprint density at radius 1 is 1.32 bits per heavy atom. The molecule has 5 heteroatoms. The third-order valence-electron chi connectivity index (χ3n) is 3.01. The van der Waals surface area contributed by atoms with Crippen molar-refractivity contribution in [3.05, 3.63) is 45.7 Å². The standard InChI is InChI=1S/C14H16BrN3O/c1-9-13(10(2)18-17-9)7-8-14(19)16-12-5-3-11(15)4-6-12/h3-6H,7-8H2,1-2H3,(H,16,19)(H,17,18). The van der Waals surface area contributed by atoms with E-state index in [0.717, 1.165) is 27.1 Å². The average Bonchev–Trinajstić information content (AvgIpc) is 2.70. The molecule has 0 saturated carbocycles. The Morgan fingerprint density at radius 3 is 2.58 bits per heavy atom. The zero-order valence-electron chi connectivity index (χ0n) is 11.0. The molecule has 0 unspecified atom stereocenters. The third kappa shape index (κ3) is 3.67. The molecule has 0 aliphatic heterocycles. The summed E-state index contributed by atoms with van der Waals surface area (Å²) in [7, 11) is 0. The molecule has 1 heterocycles. The van der Waals surface area contributed by atoms with E-state index in [9.17, 15) is 4.79 Å². The maximum Gasteiger partial charge on any atom is 0.224 e. The Balaban J connectivity index is 1.90. The number of halogens is 1. The SMILES string of the molecule is Cc1n[nH]c(C)c1CCC(=O)Nc1ccc(Br)cc1. The highest BCUT2D eigenvalue weighted by Crippen LogP contribution is 2.15. The highest BCUT2D eigenvalue weighted by molar-refractivity contribution is 9.10. The first-order chi connectivity index (χ1) is 9.06. The lowest BCUT2D eigenvalue weighted by atomic mass is 10.1. The van der Waals surface area contributed by atoms with Gasteiger partial charge in [-0.05, 0) is 50.1 Å². The summed E-state index contributed by atoms with van der Waals surface area (Å²) in [5, 5.41) is 9.94. The lowest BCUT2D eigenvalue weighted by Gasteiger charge is -2.05. The Kier molecular flexibility index (Phi) is 4.37. The smallest absolute Gasteiger partial charge is 0.224 e. The topological polar surface area (TPSA) is 57.8 Å². The second kappa shape index (κ2) is 6.02. The maximum atomic E-state index is 11.9. The number of nitrogens with one attached hydrogen (secondary N) is 2. The van der Waals surface area contributed by atoms with Gasteiger partial charge in [0.25, 0.3) is 0 Å². The molecule has 0 bridgehead atoms. The highest BCUT2D eigenvalue weighted by Gasteiger charge is 2.09. The number of rotatable bonds is 4. The number of aryl methyl sites for hydroxylation is 2. The average molecular weight is 322 g/mol. The zero-order chi connectivity index (χ0) is 13.8. The van der Waals surface area contributed by atoms with E-state index in [2.05, 4.69) is 31.4 Å². The van der Waals surface area contributed by atoms with Gasteiger partial charge in [0.05, 0.1) is 5.69 Å². The number of hydrogen-bond donors (Lipinski definition) is 2. The van der Waals surface area contributed by atoms with Crippen molar-refractivity contribution in [1.82, 2.24) is 10.2 Å². The van der Waals surface area contributed by atoms with Crippen LogP contribution in [-0.2, 0) is 11.2 Å². The van der Waals surface area contributed by atoms with E-state index in [0.29, 0.717) is 12.8 Å². The number of anilines is 1. The van der Waals surface area contributed by atoms with E-state index in [4.69, 9.17) is 0 Å². The fraction of sp³-hybridized carbons (Fsp3) is 0.286. The summed E-state index contributed by atoms with van der Waals surface area (Å²) in [5.74, 6) is 0.0160. The maximum absolute atomic E-state index is 11.9. The van der Waals surface area contributed by atoms with Crippen LogP contribution in [0.2, 0.25) is 0 Å². The number of amides is 1. The van der Waals surface area contributed by atoms with Crippen molar-refractivity contribution in [3.8, 4) is 0 Å². The molecule has 1 aromatic carbocycles. The van der Waals surface area contributed by atoms with Crippen LogP contribution in [0.4, 0.5) is 5.69 Å². The van der Waals surface area contributed by atoms with Crippen molar-refractivity contribution in [3.63, 3.8) is 0 Å². The van der Waals surface area contributed by atoms with Crippen LogP contribution < -0.4 is 5.32 Å². The van der Waals surface area contributed by atoms with Crippen LogP contribution in [0.25, 0.3) is 0 Å². The van der Waals surface area contributed by atoms with Crippen LogP contribution in [0.1, 0.15) is 23.4 Å². The van der Waals surface area contributed by atoms with E-state index >= 15 is 0 Å². The first-order valence-corrected chi connectivity index (χ1v) is 6.91. The van der Waals surface area contributed by atoms with Gasteiger partial charge in [-0.25, -0.2) is 0 Å². The van der Waals surface area contributed by atoms with Gasteiger partial charge in [0.15, 0.2) is 0 Å². The Labute approximate surface area is 120 Å². The monoisotopic (exact) mass is 321 g/mol. The molecule has 2 N–H and O–H groups in total. The molecule has 0 fully saturated rings. The van der Waals surface area contributed by atoms with Gasteiger partial charge in [0, 0.05) is 22.3 Å². The van der Waals surface area contributed by atoms with Gasteiger partial charge in [0.2, 0.25) is 5.91 Å². The number of carbonyl (C=O) groups excluding carboxylic acids is 1. The molecule has 19 heavy (non-hydrogen) atoms. The quantitative estimate of drug-likeness (QED) is 0.907. The van der Waals surface area contributed by atoms with Crippen molar-refractivity contribution >= 4 is 27.5 Å². The fourth-order valence-corrected chi connectivity index (χ4v) is 2.20. The van der Waals surface area contributed by atoms with E-state index in [1.54, 1.807) is 0 Å². The Bertz CT molecular complexity index is 555. The van der Waals surface area contributed by atoms with Gasteiger partial charge >= 0.3 is 0 Å². The number of nitrogens with zero attached hydrogens (tertiary/aromatic N) is 1. The van der Waals surface area contributed by atoms with Crippen LogP contribution in [0.5, 0.6) is 0 Å². The van der Waals surface area contributed by atoms with Crippen LogP contribution in [0.15, 0.2) is 28.7 Å². The van der Waals surface area contributed by atoms with Crippen LogP contribution in [-0.4, -0.2) is 16.1 Å². The largest absolute Gasteiger partial charge is 0.326 e. The molecule has 0 spiro atoms. The van der Waals surface area contributed by atoms with Gasteiger partial charge in [-0.15, -0.1) is 0 Å². The van der Waals surface area contributed by atoms with E-state index in [1.807, 2.05) is 38.1 Å². The minimum absolute atomic E-state index is 0.0160. The molecule has 0 atom stereocenters. The van der Waals surface area contributed by atoms with E-state index in [-0.39, 0.29) is 5.91 Å². The van der Waals surface area contributed by atoms with Gasteiger partial charge < -0.3 is 5.32 Å². The number of H-pyrrole nitrogens is 1. The molecular weight excluding hydrogens is 306 g/mol. The molecule has 1 aromatic heterocycles. The first kappa shape index (κ1) is 13.8. The van der Waals surface area contributed by atoms with E-state index in [1.165, 1.54) is 0 Å². The molecule has 4 nitrogen and oxygen atoms in total. The van der Waals surface area contributed by atoms with Gasteiger partial charge in [-0.3, -0.25) is 9.89 Å². The van der Waals surface area contributed by atoms with Crippen molar-refractivity contribution < 1.29 is 4.79 Å². The predicted octanol–water partition coefficient (Wildman–Crippen LogP) is 3.36. The normalized spacial score (nSPS) is 10.5. The van der Waals surface area contributed by atoms with Crippen molar-refractivity contribution in [2.75, 3.05) is 5.32 Å². The minimum Gasteiger partial charge on any atom is -0.326 e. The molecule has 0 aliphatic carbocycles. The molecule has 100 valence electrons. The Morgan fingerprint density at radius 2 is 2.00 bits per heavy atom. The summed E-state index contributed by atoms with van der Waals surface area (Å²) in [6.45, 7) is 3.92. The fourth-order valence-electron chi connectivity index (χ4n) is 1.94. The highest BCUT2D eigenvalue weighted by atomic mass is 79.9. The second-order valence-corrected chi connectivity index (χ2v) is 5.38. The van der Waals surface area contributed by atoms with Crippen molar-refractivity contribution in [2.45, 2.75) is 26.7 Å². The predicted molar refractivity (Wildman–Crippen MR) is 79.2 cm³/mol. The molecule has 2 aromatic rings. The van der Waals surface area contributed by atoms with Crippen LogP contribution in [0, 0.1) is 13.8 Å². The lowest BCUT2D eigenvalue weighted by Crippen LogP contribution is -2.12. The second-order valence-electron chi connectivity index (χ2n) is 4.47. The van der Waals surface area contributed by atoms with Gasteiger partial charge in [0.1, 0.15) is 0 Å². The summed E-state index contributed by atoms with van der Waals surface area (Å²) >= 11 is 3.36. The molecular formula is C14H16BrN3O. The summed E-state index contributed by atoms with van der Waals surface area (Å²) in [6, 6.07) is 7.55. The molecule has 1 amide bonds. The molecule has 0 radical (unpaired) electrons. The number of aromatic amines is 1. The Hall–Kier alpha value is -1.62. The summed E-state index contributed by atoms with van der Waals surface area (Å²) in [5.41, 5.74) is 3.95. The van der Waals surface area contributed by atoms with Crippen LogP contribution >= 0.6 is 15.9 Å². The number of carbonyl (C=O) groups is 1. The summed E-state index contributed by atoms with van der Waals surface area (Å²) < 4.78 is 0.996. The lowest BCUT2D eigenvalue weighted by molar-refractivity contribution is -0.116. The van der Waals surface area contributed by atoms with Gasteiger partial charge in [-0.2, -0.15) is 5.10 Å². The summed E-state index contributed by atoms with van der Waals surface area (Å²) in [4.78, 5) is 11.9. The number of hydrogen-bond acceptors (Lipinski definition) is 2. The number of benzene rings is 1.